The summed E-state index contributed by atoms with van der Waals surface area (Å²) in [6.45, 7) is 15.4. The Bertz CT molecular complexity index is 1090. The highest BCUT2D eigenvalue weighted by Crippen LogP contribution is 2.19. The summed E-state index contributed by atoms with van der Waals surface area (Å²) < 4.78 is 5.02. The maximum absolute atomic E-state index is 12.3. The molecule has 40 heavy (non-hydrogen) atoms. The van der Waals surface area contributed by atoms with Crippen LogP contribution in [0.4, 0.5) is 0 Å². The van der Waals surface area contributed by atoms with E-state index in [0.717, 1.165) is 57.8 Å². The number of methoxy groups -OCH3 is 1. The van der Waals surface area contributed by atoms with Crippen molar-refractivity contribution in [3.05, 3.63) is 93.4 Å². The molecule has 0 heterocycles. The molecule has 220 valence electrons. The first-order chi connectivity index (χ1) is 19.0. The molecule has 1 rings (SSSR count). The van der Waals surface area contributed by atoms with Crippen LogP contribution in [-0.2, 0) is 14.3 Å². The van der Waals surface area contributed by atoms with Crippen molar-refractivity contribution in [1.82, 2.24) is 0 Å². The van der Waals surface area contributed by atoms with Crippen molar-refractivity contribution in [2.75, 3.05) is 7.11 Å². The van der Waals surface area contributed by atoms with Gasteiger partial charge in [-0.2, -0.15) is 0 Å². The molecule has 0 unspecified atom stereocenters. The summed E-state index contributed by atoms with van der Waals surface area (Å²) in [5.41, 5.74) is 9.02. The summed E-state index contributed by atoms with van der Waals surface area (Å²) >= 11 is 0. The topological polar surface area (TPSA) is 43.4 Å². The zero-order valence-corrected chi connectivity index (χ0v) is 26.6. The molecule has 0 fully saturated rings. The average Bonchev–Trinajstić information content (AvgIpc) is 2.88. The van der Waals surface area contributed by atoms with E-state index in [4.69, 9.17) is 4.74 Å². The maximum Gasteiger partial charge on any atom is 0.224 e. The number of ketones is 2. The number of hydrogen-bond donors (Lipinski definition) is 0. The lowest BCUT2D eigenvalue weighted by Crippen LogP contribution is -2.15. The molecule has 0 aliphatic heterocycles. The highest BCUT2D eigenvalue weighted by molar-refractivity contribution is 6.19. The van der Waals surface area contributed by atoms with Crippen LogP contribution in [0.3, 0.4) is 0 Å². The standard InChI is InChI=1S/C37H54O3/c1-28(2)14-9-15-29(3)16-10-17-30(4)18-11-19-31(5)20-12-21-32(6)22-13-23-33(7)24-25-34-26-35(38)27-36(40-8)37(34)39/h14,16,18,20,22,24,26-27H,9-13,15,17,19,21,23,25H2,1-8H3/b29-16+,30-18+,31-20+,32-22+,33-24+. The third kappa shape index (κ3) is 16.2. The first kappa shape index (κ1) is 35.1. The van der Waals surface area contributed by atoms with Gasteiger partial charge in [0.05, 0.1) is 7.11 Å². The van der Waals surface area contributed by atoms with Crippen molar-refractivity contribution >= 4 is 11.6 Å². The fourth-order valence-electron chi connectivity index (χ4n) is 4.50. The van der Waals surface area contributed by atoms with Gasteiger partial charge in [0.15, 0.2) is 11.5 Å². The molecular formula is C37H54O3. The highest BCUT2D eigenvalue weighted by atomic mass is 16.5. The average molecular weight is 547 g/mol. The minimum Gasteiger partial charge on any atom is -0.493 e. The Labute approximate surface area is 245 Å². The molecule has 0 bridgehead atoms. The van der Waals surface area contributed by atoms with Gasteiger partial charge in [-0.1, -0.05) is 69.9 Å². The van der Waals surface area contributed by atoms with Crippen LogP contribution in [0.15, 0.2) is 93.4 Å². The van der Waals surface area contributed by atoms with Gasteiger partial charge >= 0.3 is 0 Å². The number of rotatable bonds is 18. The van der Waals surface area contributed by atoms with Gasteiger partial charge in [-0.3, -0.25) is 9.59 Å². The predicted molar refractivity (Wildman–Crippen MR) is 172 cm³/mol. The van der Waals surface area contributed by atoms with Gasteiger partial charge in [-0.15, -0.1) is 0 Å². The van der Waals surface area contributed by atoms with Gasteiger partial charge in [-0.25, -0.2) is 0 Å². The maximum atomic E-state index is 12.3. The largest absolute Gasteiger partial charge is 0.493 e. The summed E-state index contributed by atoms with van der Waals surface area (Å²) in [6.07, 6.45) is 28.0. The molecule has 0 spiro atoms. The second-order valence-corrected chi connectivity index (χ2v) is 11.5. The molecule has 0 aromatic carbocycles. The van der Waals surface area contributed by atoms with Crippen LogP contribution < -0.4 is 0 Å². The van der Waals surface area contributed by atoms with E-state index >= 15 is 0 Å². The number of carbonyl (C=O) groups is 2. The Kier molecular flexibility index (Phi) is 17.6. The van der Waals surface area contributed by atoms with Crippen molar-refractivity contribution < 1.29 is 14.3 Å². The molecule has 0 atom stereocenters. The summed E-state index contributed by atoms with van der Waals surface area (Å²) in [5, 5.41) is 0. The van der Waals surface area contributed by atoms with Crippen molar-refractivity contribution in [3.63, 3.8) is 0 Å². The zero-order valence-electron chi connectivity index (χ0n) is 26.6. The molecule has 1 aliphatic rings. The van der Waals surface area contributed by atoms with Gasteiger partial charge in [0.1, 0.15) is 0 Å². The van der Waals surface area contributed by atoms with Crippen LogP contribution in [-0.4, -0.2) is 18.7 Å². The first-order valence-electron chi connectivity index (χ1n) is 15.0. The molecule has 3 nitrogen and oxygen atoms in total. The van der Waals surface area contributed by atoms with Crippen molar-refractivity contribution in [1.29, 1.82) is 0 Å². The normalized spacial score (nSPS) is 15.8. The second kappa shape index (κ2) is 20.0. The van der Waals surface area contributed by atoms with E-state index in [2.05, 4.69) is 78.8 Å². The van der Waals surface area contributed by atoms with E-state index in [1.54, 1.807) is 0 Å². The first-order valence-corrected chi connectivity index (χ1v) is 15.0. The molecule has 0 saturated carbocycles. The quantitative estimate of drug-likeness (QED) is 0.127. The van der Waals surface area contributed by atoms with Gasteiger partial charge < -0.3 is 4.74 Å². The Morgan fingerprint density at radius 3 is 1.32 bits per heavy atom. The number of allylic oxidation sites excluding steroid dienone is 15. The Hall–Kier alpha value is -2.94. The van der Waals surface area contributed by atoms with E-state index in [-0.39, 0.29) is 17.3 Å². The number of ether oxygens (including phenoxy) is 1. The SMILES string of the molecule is COC1=CC(=O)C=C(C/C=C(\C)CC/C=C(\C)CC/C=C(\C)CC/C=C(\C)CC/C=C(\C)CCC=C(C)C)C1=O. The van der Waals surface area contributed by atoms with Gasteiger partial charge in [0.2, 0.25) is 5.78 Å². The molecule has 0 aromatic heterocycles. The third-order valence-corrected chi connectivity index (χ3v) is 7.21. The fourth-order valence-corrected chi connectivity index (χ4v) is 4.50. The van der Waals surface area contributed by atoms with Crippen LogP contribution in [0, 0.1) is 0 Å². The monoisotopic (exact) mass is 546 g/mol. The lowest BCUT2D eigenvalue weighted by atomic mass is 9.97. The fraction of sp³-hybridized carbons (Fsp3) is 0.514. The third-order valence-electron chi connectivity index (χ3n) is 7.21. The van der Waals surface area contributed by atoms with Gasteiger partial charge in [0, 0.05) is 11.6 Å². The van der Waals surface area contributed by atoms with Gasteiger partial charge in [0.25, 0.3) is 0 Å². The van der Waals surface area contributed by atoms with Crippen LogP contribution in [0.2, 0.25) is 0 Å². The minimum absolute atomic E-state index is 0.128. The van der Waals surface area contributed by atoms with E-state index in [1.165, 1.54) is 59.1 Å². The number of hydrogen-bond acceptors (Lipinski definition) is 3. The molecule has 0 amide bonds. The Morgan fingerprint density at radius 1 is 0.575 bits per heavy atom. The Balaban J connectivity index is 2.31. The van der Waals surface area contributed by atoms with Crippen molar-refractivity contribution in [2.24, 2.45) is 0 Å². The van der Waals surface area contributed by atoms with E-state index in [0.29, 0.717) is 12.0 Å². The van der Waals surface area contributed by atoms with Crippen molar-refractivity contribution in [3.8, 4) is 0 Å². The number of Topliss-reactive ketones (excluding diaryl/α,β-unsaturated/α-hetero) is 1. The Morgan fingerprint density at radius 2 is 0.950 bits per heavy atom. The second-order valence-electron chi connectivity index (χ2n) is 11.5. The van der Waals surface area contributed by atoms with Crippen LogP contribution >= 0.6 is 0 Å². The summed E-state index contributed by atoms with van der Waals surface area (Å²) in [5.74, 6) is -0.254. The van der Waals surface area contributed by atoms with Crippen molar-refractivity contribution in [2.45, 2.75) is 119 Å². The lowest BCUT2D eigenvalue weighted by Gasteiger charge is -2.11. The number of carbonyl (C=O) groups excluding carboxylic acids is 2. The van der Waals surface area contributed by atoms with E-state index < -0.39 is 0 Å². The van der Waals surface area contributed by atoms with Crippen LogP contribution in [0.25, 0.3) is 0 Å². The minimum atomic E-state index is -0.194. The van der Waals surface area contributed by atoms with Gasteiger partial charge in [-0.05, 0) is 125 Å². The molecule has 0 saturated heterocycles. The van der Waals surface area contributed by atoms with Crippen LogP contribution in [0.5, 0.6) is 0 Å². The molecular weight excluding hydrogens is 492 g/mol. The zero-order chi connectivity index (χ0) is 29.9. The molecule has 3 heteroatoms. The van der Waals surface area contributed by atoms with E-state index in [1.807, 2.05) is 6.08 Å². The molecule has 0 aromatic rings. The summed E-state index contributed by atoms with van der Waals surface area (Å²) in [7, 11) is 1.42. The lowest BCUT2D eigenvalue weighted by molar-refractivity contribution is -0.117. The molecule has 1 aliphatic carbocycles. The smallest absolute Gasteiger partial charge is 0.224 e. The highest BCUT2D eigenvalue weighted by Gasteiger charge is 2.21. The predicted octanol–water partition coefficient (Wildman–Crippen LogP) is 10.6. The molecule has 0 radical (unpaired) electrons. The van der Waals surface area contributed by atoms with Crippen LogP contribution in [0.1, 0.15) is 119 Å². The summed E-state index contributed by atoms with van der Waals surface area (Å²) in [4.78, 5) is 24.0. The summed E-state index contributed by atoms with van der Waals surface area (Å²) in [6, 6.07) is 0. The molecule has 0 N–H and O–H groups in total. The van der Waals surface area contributed by atoms with E-state index in [9.17, 15) is 9.59 Å².